The van der Waals surface area contributed by atoms with Crippen LogP contribution in [0.15, 0.2) is 36.0 Å². The third-order valence-electron chi connectivity index (χ3n) is 3.02. The van der Waals surface area contributed by atoms with E-state index in [1.165, 1.54) is 22.5 Å². The van der Waals surface area contributed by atoms with Crippen LogP contribution in [0.2, 0.25) is 0 Å². The highest BCUT2D eigenvalue weighted by atomic mass is 15.0. The maximum absolute atomic E-state index is 2.30. The summed E-state index contributed by atoms with van der Waals surface area (Å²) in [6.07, 6.45) is 3.22. The van der Waals surface area contributed by atoms with Gasteiger partial charge >= 0.3 is 0 Å². The van der Waals surface area contributed by atoms with E-state index < -0.39 is 0 Å². The van der Waals surface area contributed by atoms with E-state index in [2.05, 4.69) is 68.0 Å². The summed E-state index contributed by atoms with van der Waals surface area (Å²) >= 11 is 0. The van der Waals surface area contributed by atoms with Crippen LogP contribution < -0.4 is 0 Å². The SMILES string of the molecule is C/C(=C\N(C)C)C1=[N+](C)c2ccccc2C1. The average molecular weight is 215 g/mol. The van der Waals surface area contributed by atoms with Gasteiger partial charge in [-0.05, 0) is 6.92 Å². The predicted molar refractivity (Wildman–Crippen MR) is 68.4 cm³/mol. The second kappa shape index (κ2) is 4.12. The van der Waals surface area contributed by atoms with Crippen LogP contribution in [0.5, 0.6) is 0 Å². The standard InChI is InChI=1S/C14H19N2/c1-11(10-15(2)3)14-9-12-7-5-6-8-13(12)16(14)4/h5-8,10H,9H2,1-4H3/q+1. The maximum atomic E-state index is 2.30. The van der Waals surface area contributed by atoms with Crippen molar-refractivity contribution in [3.63, 3.8) is 0 Å². The Hall–Kier alpha value is -1.57. The predicted octanol–water partition coefficient (Wildman–Crippen LogP) is 2.42. The van der Waals surface area contributed by atoms with Crippen LogP contribution in [0, 0.1) is 0 Å². The first kappa shape index (κ1) is 10.9. The quantitative estimate of drug-likeness (QED) is 0.687. The number of fused-ring (bicyclic) bond motifs is 1. The Morgan fingerprint density at radius 2 is 2.00 bits per heavy atom. The average Bonchev–Trinajstić information content (AvgIpc) is 2.56. The van der Waals surface area contributed by atoms with E-state index in [0.29, 0.717) is 0 Å². The van der Waals surface area contributed by atoms with Crippen molar-refractivity contribution in [3.8, 4) is 0 Å². The minimum Gasteiger partial charge on any atom is -0.383 e. The van der Waals surface area contributed by atoms with Crippen molar-refractivity contribution in [2.24, 2.45) is 0 Å². The monoisotopic (exact) mass is 215 g/mol. The van der Waals surface area contributed by atoms with Gasteiger partial charge in [0, 0.05) is 37.5 Å². The first-order valence-electron chi connectivity index (χ1n) is 5.62. The summed E-state index contributed by atoms with van der Waals surface area (Å²) in [4.78, 5) is 2.10. The summed E-state index contributed by atoms with van der Waals surface area (Å²) < 4.78 is 2.30. The van der Waals surface area contributed by atoms with Crippen LogP contribution in [-0.2, 0) is 6.42 Å². The second-order valence-electron chi connectivity index (χ2n) is 4.59. The highest BCUT2D eigenvalue weighted by molar-refractivity contribution is 6.00. The summed E-state index contributed by atoms with van der Waals surface area (Å²) in [6, 6.07) is 8.61. The molecular weight excluding hydrogens is 196 g/mol. The van der Waals surface area contributed by atoms with Gasteiger partial charge in [-0.3, -0.25) is 0 Å². The zero-order valence-electron chi connectivity index (χ0n) is 10.5. The molecular formula is C14H19N2+. The molecule has 84 valence electrons. The summed E-state index contributed by atoms with van der Waals surface area (Å²) in [7, 11) is 6.27. The Labute approximate surface area is 97.5 Å². The summed E-state index contributed by atoms with van der Waals surface area (Å²) in [5.74, 6) is 0. The molecule has 0 radical (unpaired) electrons. The number of hydrogen-bond acceptors (Lipinski definition) is 1. The van der Waals surface area contributed by atoms with Crippen LogP contribution in [0.25, 0.3) is 0 Å². The number of rotatable bonds is 2. The fourth-order valence-electron chi connectivity index (χ4n) is 2.30. The molecule has 2 nitrogen and oxygen atoms in total. The molecule has 1 aromatic rings. The van der Waals surface area contributed by atoms with Crippen molar-refractivity contribution in [3.05, 3.63) is 41.6 Å². The van der Waals surface area contributed by atoms with E-state index in [-0.39, 0.29) is 0 Å². The molecule has 2 rings (SSSR count). The Bertz CT molecular complexity index is 467. The molecule has 0 saturated heterocycles. The lowest BCUT2D eigenvalue weighted by Crippen LogP contribution is -2.13. The topological polar surface area (TPSA) is 6.25 Å². The number of hydrogen-bond donors (Lipinski definition) is 0. The van der Waals surface area contributed by atoms with Crippen LogP contribution in [0.3, 0.4) is 0 Å². The Balaban J connectivity index is 2.38. The van der Waals surface area contributed by atoms with Crippen LogP contribution in [0.4, 0.5) is 5.69 Å². The molecule has 0 bridgehead atoms. The summed E-state index contributed by atoms with van der Waals surface area (Å²) in [6.45, 7) is 2.18. The van der Waals surface area contributed by atoms with Crippen molar-refractivity contribution in [2.45, 2.75) is 13.3 Å². The first-order valence-corrected chi connectivity index (χ1v) is 5.62. The van der Waals surface area contributed by atoms with Crippen molar-refractivity contribution in [2.75, 3.05) is 21.1 Å². The van der Waals surface area contributed by atoms with Crippen LogP contribution in [0.1, 0.15) is 12.5 Å². The van der Waals surface area contributed by atoms with Gasteiger partial charge in [-0.25, -0.2) is 0 Å². The van der Waals surface area contributed by atoms with Crippen LogP contribution in [-0.4, -0.2) is 36.3 Å². The van der Waals surface area contributed by atoms with E-state index in [9.17, 15) is 0 Å². The van der Waals surface area contributed by atoms with E-state index in [1.54, 1.807) is 0 Å². The normalized spacial score (nSPS) is 15.4. The minimum absolute atomic E-state index is 1.04. The summed E-state index contributed by atoms with van der Waals surface area (Å²) in [5.41, 5.74) is 5.49. The molecule has 0 aliphatic carbocycles. The number of para-hydroxylation sites is 1. The molecule has 0 aromatic heterocycles. The van der Waals surface area contributed by atoms with E-state index in [4.69, 9.17) is 0 Å². The van der Waals surface area contributed by atoms with Crippen molar-refractivity contribution in [1.29, 1.82) is 0 Å². The van der Waals surface area contributed by atoms with Gasteiger partial charge in [0.1, 0.15) is 7.05 Å². The molecule has 0 N–H and O–H groups in total. The number of allylic oxidation sites excluding steroid dienone is 1. The van der Waals surface area contributed by atoms with Gasteiger partial charge in [0.2, 0.25) is 5.69 Å². The molecule has 16 heavy (non-hydrogen) atoms. The third-order valence-corrected chi connectivity index (χ3v) is 3.02. The molecule has 1 aliphatic heterocycles. The maximum Gasteiger partial charge on any atom is 0.208 e. The molecule has 0 amide bonds. The molecule has 0 fully saturated rings. The van der Waals surface area contributed by atoms with E-state index in [0.717, 1.165) is 6.42 Å². The van der Waals surface area contributed by atoms with Gasteiger partial charge in [0.05, 0.1) is 6.42 Å². The highest BCUT2D eigenvalue weighted by Crippen LogP contribution is 2.26. The van der Waals surface area contributed by atoms with Crippen molar-refractivity contribution >= 4 is 11.4 Å². The van der Waals surface area contributed by atoms with Gasteiger partial charge in [-0.15, -0.1) is 0 Å². The van der Waals surface area contributed by atoms with Crippen molar-refractivity contribution in [1.82, 2.24) is 4.90 Å². The van der Waals surface area contributed by atoms with E-state index >= 15 is 0 Å². The Morgan fingerprint density at radius 1 is 1.31 bits per heavy atom. The lowest BCUT2D eigenvalue weighted by Gasteiger charge is -2.06. The molecule has 0 unspecified atom stereocenters. The van der Waals surface area contributed by atoms with Gasteiger partial charge in [-0.1, -0.05) is 18.2 Å². The number of nitrogens with zero attached hydrogens (tertiary/aromatic N) is 2. The molecule has 0 spiro atoms. The summed E-state index contributed by atoms with van der Waals surface area (Å²) in [5, 5.41) is 0. The van der Waals surface area contributed by atoms with E-state index in [1.807, 2.05) is 0 Å². The second-order valence-corrected chi connectivity index (χ2v) is 4.59. The zero-order valence-corrected chi connectivity index (χ0v) is 10.5. The minimum atomic E-state index is 1.04. The van der Waals surface area contributed by atoms with Crippen molar-refractivity contribution < 1.29 is 4.58 Å². The Kier molecular flexibility index (Phi) is 2.82. The molecule has 0 saturated carbocycles. The lowest BCUT2D eigenvalue weighted by molar-refractivity contribution is -0.401. The van der Waals surface area contributed by atoms with Gasteiger partial charge in [0.25, 0.3) is 0 Å². The van der Waals surface area contributed by atoms with Crippen LogP contribution >= 0.6 is 0 Å². The molecule has 1 aromatic carbocycles. The molecule has 1 aliphatic rings. The van der Waals surface area contributed by atoms with Gasteiger partial charge < -0.3 is 4.90 Å². The van der Waals surface area contributed by atoms with Gasteiger partial charge in [-0.2, -0.15) is 4.58 Å². The molecule has 0 atom stereocenters. The highest BCUT2D eigenvalue weighted by Gasteiger charge is 2.27. The van der Waals surface area contributed by atoms with Gasteiger partial charge in [0.15, 0.2) is 5.71 Å². The molecule has 1 heterocycles. The fourth-order valence-corrected chi connectivity index (χ4v) is 2.30. The number of benzene rings is 1. The first-order chi connectivity index (χ1) is 7.59. The Morgan fingerprint density at radius 3 is 2.62 bits per heavy atom. The molecule has 2 heteroatoms. The smallest absolute Gasteiger partial charge is 0.208 e. The zero-order chi connectivity index (χ0) is 11.7. The lowest BCUT2D eigenvalue weighted by atomic mass is 10.1. The third kappa shape index (κ3) is 1.87. The largest absolute Gasteiger partial charge is 0.383 e. The fraction of sp³-hybridized carbons (Fsp3) is 0.357.